The lowest BCUT2D eigenvalue weighted by molar-refractivity contribution is 0.103. The van der Waals surface area contributed by atoms with Crippen LogP contribution in [-0.2, 0) is 10.2 Å². The van der Waals surface area contributed by atoms with Crippen molar-refractivity contribution >= 4 is 39.0 Å². The number of hydrogen-bond acceptors (Lipinski definition) is 5. The largest absolute Gasteiger partial charge is 0.345 e. The molecule has 3 heterocycles. The maximum Gasteiger partial charge on any atom is 0.301 e. The number of aromatic nitrogens is 2. The Labute approximate surface area is 221 Å². The number of benzene rings is 2. The minimum absolute atomic E-state index is 0.00158. The van der Waals surface area contributed by atoms with E-state index in [0.717, 1.165) is 16.4 Å². The molecule has 4 aromatic rings. The van der Waals surface area contributed by atoms with Crippen LogP contribution in [0.5, 0.6) is 0 Å². The number of aromatic amines is 1. The maximum absolute atomic E-state index is 15.4. The van der Waals surface area contributed by atoms with Crippen molar-refractivity contribution in [3.05, 3.63) is 82.7 Å². The van der Waals surface area contributed by atoms with Crippen LogP contribution in [0.4, 0.5) is 18.9 Å². The van der Waals surface area contributed by atoms with Crippen molar-refractivity contribution < 1.29 is 31.2 Å². The van der Waals surface area contributed by atoms with Gasteiger partial charge in [-0.2, -0.15) is 12.7 Å². The van der Waals surface area contributed by atoms with Crippen molar-refractivity contribution in [2.24, 2.45) is 0 Å². The third kappa shape index (κ3) is 4.78. The maximum atomic E-state index is 15.4. The average molecular weight is 553 g/mol. The minimum Gasteiger partial charge on any atom is -0.345 e. The van der Waals surface area contributed by atoms with Gasteiger partial charge in [-0.05, 0) is 42.3 Å². The quantitative estimate of drug-likeness (QED) is 0.203. The number of nitrogens with zero attached hydrogens (tertiary/aromatic N) is 2. The fraction of sp³-hybridized carbons (Fsp3) is 0.148. The lowest BCUT2D eigenvalue weighted by atomic mass is 9.98. The van der Waals surface area contributed by atoms with Crippen LogP contribution in [0.1, 0.15) is 38.3 Å². The molecule has 0 spiro atoms. The molecule has 2 aromatic heterocycles. The fourth-order valence-electron chi connectivity index (χ4n) is 4.40. The molecule has 2 N–H and O–H groups in total. The Morgan fingerprint density at radius 2 is 2.00 bits per heavy atom. The van der Waals surface area contributed by atoms with Crippen LogP contribution in [0.3, 0.4) is 0 Å². The third-order valence-electron chi connectivity index (χ3n) is 6.44. The van der Waals surface area contributed by atoms with Crippen molar-refractivity contribution in [3.8, 4) is 23.5 Å². The van der Waals surface area contributed by atoms with Crippen LogP contribution in [0, 0.1) is 24.0 Å². The number of halogens is 3. The van der Waals surface area contributed by atoms with E-state index in [0.29, 0.717) is 28.5 Å². The van der Waals surface area contributed by atoms with E-state index in [9.17, 15) is 26.8 Å². The normalized spacial score (nSPS) is 15.8. The standard InChI is InChI=1S/C27H19F3N4O4S/c1-2-15-9-16(3-4-17(15)14-35)18-10-20-21(12-32-27(20)31-11-18)26(36)24-22(29)5-6-23(25(24)30)33-39(37,38)34-8-7-19(28)13-34/h1,3-6,9-12,14,19,33H,7-8,13H2,(H,31,32)/t19-/m0/s1. The van der Waals surface area contributed by atoms with Gasteiger partial charge in [-0.25, -0.2) is 18.2 Å². The van der Waals surface area contributed by atoms with Crippen LogP contribution in [0.15, 0.2) is 48.8 Å². The Hall–Kier alpha value is -4.47. The molecule has 8 nitrogen and oxygen atoms in total. The topological polar surface area (TPSA) is 112 Å². The van der Waals surface area contributed by atoms with E-state index in [1.54, 1.807) is 18.2 Å². The number of H-pyrrole nitrogens is 1. The van der Waals surface area contributed by atoms with E-state index in [1.807, 2.05) is 4.72 Å². The number of nitrogens with one attached hydrogen (secondary N) is 2. The molecule has 1 aliphatic heterocycles. The summed E-state index contributed by atoms with van der Waals surface area (Å²) in [6.45, 7) is -0.494. The average Bonchev–Trinajstić information content (AvgIpc) is 3.56. The number of terminal acetylenes is 1. The van der Waals surface area contributed by atoms with E-state index in [4.69, 9.17) is 6.42 Å². The molecule has 0 bridgehead atoms. The molecule has 39 heavy (non-hydrogen) atoms. The summed E-state index contributed by atoms with van der Waals surface area (Å²) in [6.07, 6.45) is 7.51. The lowest BCUT2D eigenvalue weighted by Crippen LogP contribution is -2.34. The van der Waals surface area contributed by atoms with Gasteiger partial charge in [0, 0.05) is 53.1 Å². The number of hydrogen-bond donors (Lipinski definition) is 2. The van der Waals surface area contributed by atoms with Crippen molar-refractivity contribution in [3.63, 3.8) is 0 Å². The molecule has 5 rings (SSSR count). The minimum atomic E-state index is -4.34. The Bertz CT molecular complexity index is 1800. The highest BCUT2D eigenvalue weighted by Crippen LogP contribution is 2.30. The number of carbonyl (C=O) groups excluding carboxylic acids is 2. The zero-order chi connectivity index (χ0) is 27.9. The molecule has 1 atom stereocenters. The van der Waals surface area contributed by atoms with Gasteiger partial charge in [-0.15, -0.1) is 6.42 Å². The number of rotatable bonds is 7. The van der Waals surface area contributed by atoms with E-state index < -0.39 is 51.6 Å². The summed E-state index contributed by atoms with van der Waals surface area (Å²) in [5.74, 6) is -1.24. The second kappa shape index (κ2) is 10.0. The molecular weight excluding hydrogens is 533 g/mol. The lowest BCUT2D eigenvalue weighted by Gasteiger charge is -2.18. The van der Waals surface area contributed by atoms with Gasteiger partial charge in [0.15, 0.2) is 12.1 Å². The first-order chi connectivity index (χ1) is 18.6. The Kier molecular flexibility index (Phi) is 6.71. The van der Waals surface area contributed by atoms with E-state index >= 15 is 4.39 Å². The van der Waals surface area contributed by atoms with Gasteiger partial charge in [0.2, 0.25) is 5.78 Å². The summed E-state index contributed by atoms with van der Waals surface area (Å²) in [4.78, 5) is 31.6. The predicted octanol–water partition coefficient (Wildman–Crippen LogP) is 4.23. The monoisotopic (exact) mass is 552 g/mol. The summed E-state index contributed by atoms with van der Waals surface area (Å²) >= 11 is 0. The second-order valence-electron chi connectivity index (χ2n) is 8.85. The molecule has 1 saturated heterocycles. The number of carbonyl (C=O) groups is 2. The van der Waals surface area contributed by atoms with Crippen LogP contribution in [-0.4, -0.2) is 54.0 Å². The van der Waals surface area contributed by atoms with Crippen LogP contribution < -0.4 is 4.72 Å². The number of fused-ring (bicyclic) bond motifs is 1. The summed E-state index contributed by atoms with van der Waals surface area (Å²) in [7, 11) is -4.34. The van der Waals surface area contributed by atoms with Gasteiger partial charge < -0.3 is 4.98 Å². The highest BCUT2D eigenvalue weighted by Gasteiger charge is 2.33. The van der Waals surface area contributed by atoms with Crippen LogP contribution in [0.2, 0.25) is 0 Å². The highest BCUT2D eigenvalue weighted by atomic mass is 32.2. The van der Waals surface area contributed by atoms with Gasteiger partial charge in [0.25, 0.3) is 0 Å². The zero-order valence-corrected chi connectivity index (χ0v) is 20.9. The number of ketones is 1. The predicted molar refractivity (Wildman–Crippen MR) is 138 cm³/mol. The summed E-state index contributed by atoms with van der Waals surface area (Å²) < 4.78 is 71.7. The van der Waals surface area contributed by atoms with Crippen LogP contribution in [0.25, 0.3) is 22.2 Å². The number of anilines is 1. The first-order valence-electron chi connectivity index (χ1n) is 11.6. The summed E-state index contributed by atoms with van der Waals surface area (Å²) in [6, 6.07) is 7.97. The van der Waals surface area contributed by atoms with Crippen molar-refractivity contribution in [1.29, 1.82) is 0 Å². The SMILES string of the molecule is C#Cc1cc(-c2cnc3[nH]cc(C(=O)c4c(F)ccc(NS(=O)(=O)N5CC[C@H](F)C5)c4F)c3c2)ccc1C=O. The molecule has 0 unspecified atom stereocenters. The molecule has 0 saturated carbocycles. The summed E-state index contributed by atoms with van der Waals surface area (Å²) in [5, 5.41) is 0.245. The highest BCUT2D eigenvalue weighted by molar-refractivity contribution is 7.90. The third-order valence-corrected chi connectivity index (χ3v) is 7.92. The Balaban J connectivity index is 1.53. The molecule has 198 valence electrons. The number of pyridine rings is 1. The van der Waals surface area contributed by atoms with Crippen molar-refractivity contribution in [2.45, 2.75) is 12.6 Å². The molecular formula is C27H19F3N4O4S. The van der Waals surface area contributed by atoms with Gasteiger partial charge in [0.1, 0.15) is 17.6 Å². The van der Waals surface area contributed by atoms with Gasteiger partial charge in [-0.3, -0.25) is 14.3 Å². The molecule has 0 radical (unpaired) electrons. The number of alkyl halides is 1. The molecule has 0 amide bonds. The first kappa shape index (κ1) is 26.1. The fourth-order valence-corrected chi connectivity index (χ4v) is 5.66. The van der Waals surface area contributed by atoms with Gasteiger partial charge >= 0.3 is 10.2 Å². The molecule has 1 aliphatic rings. The first-order valence-corrected chi connectivity index (χ1v) is 13.0. The Morgan fingerprint density at radius 1 is 1.21 bits per heavy atom. The van der Waals surface area contributed by atoms with Crippen molar-refractivity contribution in [2.75, 3.05) is 17.8 Å². The Morgan fingerprint density at radius 3 is 2.69 bits per heavy atom. The smallest absolute Gasteiger partial charge is 0.301 e. The number of aldehydes is 1. The molecule has 0 aliphatic carbocycles. The van der Waals surface area contributed by atoms with Gasteiger partial charge in [-0.1, -0.05) is 12.0 Å². The van der Waals surface area contributed by atoms with Crippen LogP contribution >= 0.6 is 0 Å². The van der Waals surface area contributed by atoms with Gasteiger partial charge in [0.05, 0.1) is 11.3 Å². The zero-order valence-electron chi connectivity index (χ0n) is 20.0. The molecule has 2 aromatic carbocycles. The second-order valence-corrected chi connectivity index (χ2v) is 10.5. The van der Waals surface area contributed by atoms with E-state index in [2.05, 4.69) is 15.9 Å². The summed E-state index contributed by atoms with van der Waals surface area (Å²) in [5.41, 5.74) is 0.304. The van der Waals surface area contributed by atoms with E-state index in [-0.39, 0.29) is 29.6 Å². The van der Waals surface area contributed by atoms with E-state index in [1.165, 1.54) is 18.5 Å². The molecule has 1 fully saturated rings. The molecule has 12 heteroatoms. The van der Waals surface area contributed by atoms with Crippen molar-refractivity contribution in [1.82, 2.24) is 14.3 Å².